The summed E-state index contributed by atoms with van der Waals surface area (Å²) in [6.07, 6.45) is 1.88. The molecule has 0 aromatic heterocycles. The lowest BCUT2D eigenvalue weighted by Gasteiger charge is -2.17. The summed E-state index contributed by atoms with van der Waals surface area (Å²) in [6, 6.07) is 3.86. The van der Waals surface area contributed by atoms with Crippen molar-refractivity contribution in [2.75, 3.05) is 13.2 Å². The van der Waals surface area contributed by atoms with Gasteiger partial charge >= 0.3 is 0 Å². The van der Waals surface area contributed by atoms with E-state index in [1.54, 1.807) is 0 Å². The number of hydrogen-bond donors (Lipinski definition) is 1. The second-order valence-electron chi connectivity index (χ2n) is 4.42. The molecule has 0 amide bonds. The van der Waals surface area contributed by atoms with Crippen LogP contribution >= 0.6 is 11.6 Å². The molecule has 19 heavy (non-hydrogen) atoms. The second-order valence-corrected chi connectivity index (χ2v) is 4.83. The van der Waals surface area contributed by atoms with Crippen LogP contribution in [0.15, 0.2) is 24.8 Å². The van der Waals surface area contributed by atoms with Crippen molar-refractivity contribution >= 4 is 11.6 Å². The van der Waals surface area contributed by atoms with Crippen LogP contribution in [-0.4, -0.2) is 19.3 Å². The number of rotatable bonds is 8. The molecular weight excluding hydrogens is 262 g/mol. The predicted octanol–water partition coefficient (Wildman–Crippen LogP) is 3.80. The van der Waals surface area contributed by atoms with Gasteiger partial charge in [-0.25, -0.2) is 0 Å². The molecule has 106 valence electrons. The van der Waals surface area contributed by atoms with E-state index in [2.05, 4.69) is 11.9 Å². The van der Waals surface area contributed by atoms with Crippen LogP contribution in [0.5, 0.6) is 11.5 Å². The minimum Gasteiger partial charge on any atom is -0.490 e. The Morgan fingerprint density at radius 1 is 1.42 bits per heavy atom. The highest BCUT2D eigenvalue weighted by molar-refractivity contribution is 6.32. The molecule has 0 heterocycles. The van der Waals surface area contributed by atoms with Gasteiger partial charge in [-0.05, 0) is 38.5 Å². The SMILES string of the molecule is C=CCNCc1cc(Cl)c(OC(C)C)c(OCC)c1. The van der Waals surface area contributed by atoms with Crippen molar-refractivity contribution in [1.82, 2.24) is 5.32 Å². The predicted molar refractivity (Wildman–Crippen MR) is 80.3 cm³/mol. The summed E-state index contributed by atoms with van der Waals surface area (Å²) in [5.74, 6) is 1.31. The summed E-state index contributed by atoms with van der Waals surface area (Å²) in [4.78, 5) is 0. The van der Waals surface area contributed by atoms with E-state index in [-0.39, 0.29) is 6.10 Å². The average molecular weight is 284 g/mol. The third-order valence-corrected chi connectivity index (χ3v) is 2.62. The maximum atomic E-state index is 6.27. The molecule has 0 aliphatic rings. The molecule has 4 heteroatoms. The first kappa shape index (κ1) is 15.9. The third-order valence-electron chi connectivity index (χ3n) is 2.34. The van der Waals surface area contributed by atoms with Crippen LogP contribution < -0.4 is 14.8 Å². The quantitative estimate of drug-likeness (QED) is 0.581. The van der Waals surface area contributed by atoms with Gasteiger partial charge in [0.25, 0.3) is 0 Å². The standard InChI is InChI=1S/C15H22ClNO2/c1-5-7-17-10-12-8-13(16)15(19-11(3)4)14(9-12)18-6-2/h5,8-9,11,17H,1,6-7,10H2,2-4H3. The third kappa shape index (κ3) is 5.13. The first-order chi connectivity index (χ1) is 9.08. The van der Waals surface area contributed by atoms with Gasteiger partial charge in [0.1, 0.15) is 0 Å². The summed E-state index contributed by atoms with van der Waals surface area (Å²) in [6.45, 7) is 11.6. The Morgan fingerprint density at radius 2 is 2.16 bits per heavy atom. The Morgan fingerprint density at radius 3 is 2.74 bits per heavy atom. The lowest BCUT2D eigenvalue weighted by molar-refractivity contribution is 0.224. The summed E-state index contributed by atoms with van der Waals surface area (Å²) < 4.78 is 11.3. The fraction of sp³-hybridized carbons (Fsp3) is 0.467. The van der Waals surface area contributed by atoms with Crippen molar-refractivity contribution in [1.29, 1.82) is 0 Å². The molecule has 1 rings (SSSR count). The van der Waals surface area contributed by atoms with Crippen LogP contribution in [0.1, 0.15) is 26.3 Å². The van der Waals surface area contributed by atoms with Crippen molar-refractivity contribution in [2.45, 2.75) is 33.4 Å². The zero-order chi connectivity index (χ0) is 14.3. The Bertz CT molecular complexity index is 419. The van der Waals surface area contributed by atoms with Gasteiger partial charge in [0, 0.05) is 13.1 Å². The molecule has 0 aliphatic heterocycles. The van der Waals surface area contributed by atoms with Crippen molar-refractivity contribution < 1.29 is 9.47 Å². The van der Waals surface area contributed by atoms with Gasteiger partial charge in [0.05, 0.1) is 17.7 Å². The van der Waals surface area contributed by atoms with Gasteiger partial charge in [0.2, 0.25) is 0 Å². The number of halogens is 1. The summed E-state index contributed by atoms with van der Waals surface area (Å²) in [7, 11) is 0. The first-order valence-electron chi connectivity index (χ1n) is 6.52. The van der Waals surface area contributed by atoms with Gasteiger partial charge in [-0.1, -0.05) is 17.7 Å². The van der Waals surface area contributed by atoms with Crippen LogP contribution in [0.2, 0.25) is 5.02 Å². The minimum absolute atomic E-state index is 0.0569. The molecule has 0 aliphatic carbocycles. The topological polar surface area (TPSA) is 30.5 Å². The van der Waals surface area contributed by atoms with E-state index in [4.69, 9.17) is 21.1 Å². The molecule has 0 bridgehead atoms. The molecule has 1 aromatic rings. The van der Waals surface area contributed by atoms with Crippen LogP contribution in [0, 0.1) is 0 Å². The highest BCUT2D eigenvalue weighted by Gasteiger charge is 2.13. The van der Waals surface area contributed by atoms with Crippen LogP contribution in [0.4, 0.5) is 0 Å². The molecule has 0 atom stereocenters. The first-order valence-corrected chi connectivity index (χ1v) is 6.89. The van der Waals surface area contributed by atoms with Gasteiger partial charge < -0.3 is 14.8 Å². The smallest absolute Gasteiger partial charge is 0.180 e. The molecule has 1 N–H and O–H groups in total. The van der Waals surface area contributed by atoms with E-state index in [0.717, 1.165) is 12.1 Å². The second kappa shape index (κ2) is 8.08. The summed E-state index contributed by atoms with van der Waals surface area (Å²) >= 11 is 6.27. The molecule has 3 nitrogen and oxygen atoms in total. The summed E-state index contributed by atoms with van der Waals surface area (Å²) in [5.41, 5.74) is 1.06. The van der Waals surface area contributed by atoms with E-state index in [0.29, 0.717) is 29.7 Å². The van der Waals surface area contributed by atoms with E-state index in [9.17, 15) is 0 Å². The fourth-order valence-corrected chi connectivity index (χ4v) is 1.93. The minimum atomic E-state index is 0.0569. The van der Waals surface area contributed by atoms with Crippen molar-refractivity contribution in [2.24, 2.45) is 0 Å². The van der Waals surface area contributed by atoms with Crippen molar-refractivity contribution in [3.05, 3.63) is 35.4 Å². The average Bonchev–Trinajstić information content (AvgIpc) is 2.34. The van der Waals surface area contributed by atoms with E-state index in [1.807, 2.05) is 39.0 Å². The monoisotopic (exact) mass is 283 g/mol. The normalized spacial score (nSPS) is 10.6. The van der Waals surface area contributed by atoms with Crippen LogP contribution in [0.3, 0.4) is 0 Å². The molecule has 0 unspecified atom stereocenters. The Kier molecular flexibility index (Phi) is 6.74. The zero-order valence-corrected chi connectivity index (χ0v) is 12.6. The van der Waals surface area contributed by atoms with Gasteiger partial charge in [-0.2, -0.15) is 0 Å². The lowest BCUT2D eigenvalue weighted by atomic mass is 10.2. The van der Waals surface area contributed by atoms with E-state index < -0.39 is 0 Å². The number of hydrogen-bond acceptors (Lipinski definition) is 3. The molecule has 0 saturated heterocycles. The number of nitrogens with one attached hydrogen (secondary N) is 1. The van der Waals surface area contributed by atoms with Crippen LogP contribution in [0.25, 0.3) is 0 Å². The summed E-state index contributed by atoms with van der Waals surface area (Å²) in [5, 5.41) is 3.81. The Labute approximate surface area is 120 Å². The molecule has 0 saturated carbocycles. The fourth-order valence-electron chi connectivity index (χ4n) is 1.66. The Balaban J connectivity index is 2.95. The highest BCUT2D eigenvalue weighted by atomic mass is 35.5. The van der Waals surface area contributed by atoms with E-state index >= 15 is 0 Å². The van der Waals surface area contributed by atoms with E-state index in [1.165, 1.54) is 0 Å². The zero-order valence-electron chi connectivity index (χ0n) is 11.8. The lowest BCUT2D eigenvalue weighted by Crippen LogP contribution is -2.13. The maximum Gasteiger partial charge on any atom is 0.180 e. The van der Waals surface area contributed by atoms with Crippen LogP contribution in [-0.2, 0) is 6.54 Å². The molecule has 1 aromatic carbocycles. The maximum absolute atomic E-state index is 6.27. The van der Waals surface area contributed by atoms with Crippen molar-refractivity contribution in [3.8, 4) is 11.5 Å². The van der Waals surface area contributed by atoms with Crippen molar-refractivity contribution in [3.63, 3.8) is 0 Å². The largest absolute Gasteiger partial charge is 0.490 e. The highest BCUT2D eigenvalue weighted by Crippen LogP contribution is 2.37. The number of benzene rings is 1. The van der Waals surface area contributed by atoms with Gasteiger partial charge in [-0.3, -0.25) is 0 Å². The molecule has 0 radical (unpaired) electrons. The number of ether oxygens (including phenoxy) is 2. The van der Waals surface area contributed by atoms with Gasteiger partial charge in [-0.15, -0.1) is 6.58 Å². The van der Waals surface area contributed by atoms with Gasteiger partial charge in [0.15, 0.2) is 11.5 Å². The molecule has 0 spiro atoms. The molecular formula is C15H22ClNO2. The molecule has 0 fully saturated rings. The Hall–Kier alpha value is -1.19.